The van der Waals surface area contributed by atoms with Crippen LogP contribution in [-0.2, 0) is 0 Å². The average molecular weight is 283 g/mol. The molecule has 0 N–H and O–H groups in total. The fourth-order valence-corrected chi connectivity index (χ4v) is 2.32. The molecule has 0 bridgehead atoms. The number of ketones is 1. The van der Waals surface area contributed by atoms with Crippen LogP contribution in [0.2, 0.25) is 0 Å². The SMILES string of the molecule is Cc1ccc(F)c(C(=O)c2cccc3cnccc23)c1F. The molecular weight excluding hydrogens is 272 g/mol. The van der Waals surface area contributed by atoms with E-state index in [9.17, 15) is 13.6 Å². The lowest BCUT2D eigenvalue weighted by Crippen LogP contribution is -2.09. The quantitative estimate of drug-likeness (QED) is 0.664. The highest BCUT2D eigenvalue weighted by atomic mass is 19.1. The first-order valence-corrected chi connectivity index (χ1v) is 6.41. The first-order chi connectivity index (χ1) is 10.1. The predicted molar refractivity (Wildman–Crippen MR) is 76.3 cm³/mol. The molecule has 0 aliphatic rings. The number of hydrogen-bond donors (Lipinski definition) is 0. The number of benzene rings is 2. The lowest BCUT2D eigenvalue weighted by Gasteiger charge is -2.09. The van der Waals surface area contributed by atoms with Crippen LogP contribution in [0, 0.1) is 18.6 Å². The Balaban J connectivity index is 2.25. The molecule has 0 amide bonds. The minimum Gasteiger partial charge on any atom is -0.288 e. The van der Waals surface area contributed by atoms with Crippen LogP contribution >= 0.6 is 0 Å². The van der Waals surface area contributed by atoms with E-state index in [0.29, 0.717) is 5.39 Å². The van der Waals surface area contributed by atoms with Gasteiger partial charge in [0.25, 0.3) is 0 Å². The minimum absolute atomic E-state index is 0.238. The summed E-state index contributed by atoms with van der Waals surface area (Å²) >= 11 is 0. The smallest absolute Gasteiger partial charge is 0.199 e. The number of pyridine rings is 1. The van der Waals surface area contributed by atoms with Crippen molar-refractivity contribution in [3.8, 4) is 0 Å². The van der Waals surface area contributed by atoms with E-state index in [1.54, 1.807) is 36.7 Å². The van der Waals surface area contributed by atoms with Gasteiger partial charge in [-0.15, -0.1) is 0 Å². The Morgan fingerprint density at radius 1 is 1.10 bits per heavy atom. The van der Waals surface area contributed by atoms with Crippen LogP contribution in [0.25, 0.3) is 10.8 Å². The summed E-state index contributed by atoms with van der Waals surface area (Å²) in [4.78, 5) is 16.5. The molecule has 0 radical (unpaired) electrons. The molecule has 21 heavy (non-hydrogen) atoms. The number of carbonyl (C=O) groups is 1. The number of fused-ring (bicyclic) bond motifs is 1. The predicted octanol–water partition coefficient (Wildman–Crippen LogP) is 4.05. The Kier molecular flexibility index (Phi) is 3.22. The van der Waals surface area contributed by atoms with Crippen molar-refractivity contribution in [1.82, 2.24) is 4.98 Å². The fourth-order valence-electron chi connectivity index (χ4n) is 2.32. The van der Waals surface area contributed by atoms with Gasteiger partial charge in [-0.25, -0.2) is 8.78 Å². The molecule has 3 rings (SSSR count). The molecule has 0 aliphatic heterocycles. The van der Waals surface area contributed by atoms with Gasteiger partial charge in [-0.2, -0.15) is 0 Å². The van der Waals surface area contributed by atoms with E-state index < -0.39 is 23.0 Å². The molecule has 0 unspecified atom stereocenters. The van der Waals surface area contributed by atoms with E-state index in [2.05, 4.69) is 4.98 Å². The van der Waals surface area contributed by atoms with Gasteiger partial charge in [-0.3, -0.25) is 9.78 Å². The van der Waals surface area contributed by atoms with E-state index >= 15 is 0 Å². The van der Waals surface area contributed by atoms with Crippen molar-refractivity contribution in [3.05, 3.63) is 77.1 Å². The summed E-state index contributed by atoms with van der Waals surface area (Å²) in [7, 11) is 0. The van der Waals surface area contributed by atoms with Gasteiger partial charge in [0.2, 0.25) is 0 Å². The highest BCUT2D eigenvalue weighted by Crippen LogP contribution is 2.24. The van der Waals surface area contributed by atoms with Crippen LogP contribution in [0.5, 0.6) is 0 Å². The van der Waals surface area contributed by atoms with Gasteiger partial charge in [0, 0.05) is 23.3 Å². The maximum absolute atomic E-state index is 14.1. The monoisotopic (exact) mass is 283 g/mol. The summed E-state index contributed by atoms with van der Waals surface area (Å²) in [6.45, 7) is 1.50. The summed E-state index contributed by atoms with van der Waals surface area (Å²) in [5.41, 5.74) is -0.0146. The molecule has 0 aliphatic carbocycles. The van der Waals surface area contributed by atoms with Crippen molar-refractivity contribution in [3.63, 3.8) is 0 Å². The van der Waals surface area contributed by atoms with Crippen LogP contribution < -0.4 is 0 Å². The average Bonchev–Trinajstić information content (AvgIpc) is 2.50. The summed E-state index contributed by atoms with van der Waals surface area (Å²) in [5.74, 6) is -2.33. The molecule has 1 aromatic heterocycles. The number of aryl methyl sites for hydroxylation is 1. The molecule has 0 saturated heterocycles. The molecule has 3 aromatic rings. The molecule has 2 nitrogen and oxygen atoms in total. The molecule has 0 saturated carbocycles. The molecule has 4 heteroatoms. The molecule has 1 heterocycles. The Morgan fingerprint density at radius 2 is 1.90 bits per heavy atom. The highest BCUT2D eigenvalue weighted by molar-refractivity contribution is 6.16. The zero-order valence-corrected chi connectivity index (χ0v) is 11.2. The third-order valence-electron chi connectivity index (χ3n) is 3.44. The van der Waals surface area contributed by atoms with Gasteiger partial charge in [0.1, 0.15) is 11.6 Å². The van der Waals surface area contributed by atoms with Crippen molar-refractivity contribution in [2.24, 2.45) is 0 Å². The minimum atomic E-state index is -0.853. The van der Waals surface area contributed by atoms with Crippen molar-refractivity contribution in [2.45, 2.75) is 6.92 Å². The van der Waals surface area contributed by atoms with Gasteiger partial charge in [-0.1, -0.05) is 24.3 Å². The number of halogens is 2. The van der Waals surface area contributed by atoms with Gasteiger partial charge >= 0.3 is 0 Å². The third-order valence-corrected chi connectivity index (χ3v) is 3.44. The van der Waals surface area contributed by atoms with Crippen LogP contribution in [0.1, 0.15) is 21.5 Å². The largest absolute Gasteiger partial charge is 0.288 e. The number of hydrogen-bond acceptors (Lipinski definition) is 2. The second-order valence-corrected chi connectivity index (χ2v) is 4.78. The number of aromatic nitrogens is 1. The zero-order valence-electron chi connectivity index (χ0n) is 11.2. The van der Waals surface area contributed by atoms with Crippen molar-refractivity contribution in [2.75, 3.05) is 0 Å². The van der Waals surface area contributed by atoms with Crippen molar-refractivity contribution in [1.29, 1.82) is 0 Å². The van der Waals surface area contributed by atoms with Crippen LogP contribution in [0.3, 0.4) is 0 Å². The third kappa shape index (κ3) is 2.18. The normalized spacial score (nSPS) is 10.8. The molecule has 104 valence electrons. The van der Waals surface area contributed by atoms with Crippen LogP contribution in [-0.4, -0.2) is 10.8 Å². The highest BCUT2D eigenvalue weighted by Gasteiger charge is 2.21. The first kappa shape index (κ1) is 13.4. The summed E-state index contributed by atoms with van der Waals surface area (Å²) in [6.07, 6.45) is 3.15. The Hall–Kier alpha value is -2.62. The second-order valence-electron chi connectivity index (χ2n) is 4.78. The van der Waals surface area contributed by atoms with E-state index in [-0.39, 0.29) is 11.1 Å². The maximum Gasteiger partial charge on any atom is 0.199 e. The van der Waals surface area contributed by atoms with E-state index in [1.807, 2.05) is 0 Å². The lowest BCUT2D eigenvalue weighted by atomic mass is 9.96. The zero-order chi connectivity index (χ0) is 15.0. The Bertz CT molecular complexity index is 853. The van der Waals surface area contributed by atoms with E-state index in [1.165, 1.54) is 13.0 Å². The van der Waals surface area contributed by atoms with Gasteiger partial charge in [-0.05, 0) is 30.0 Å². The van der Waals surface area contributed by atoms with Gasteiger partial charge < -0.3 is 0 Å². The molecule has 0 atom stereocenters. The Labute approximate surface area is 120 Å². The van der Waals surface area contributed by atoms with Gasteiger partial charge in [0.05, 0.1) is 5.56 Å². The Morgan fingerprint density at radius 3 is 2.71 bits per heavy atom. The first-order valence-electron chi connectivity index (χ1n) is 6.41. The molecule has 2 aromatic carbocycles. The van der Waals surface area contributed by atoms with Crippen LogP contribution in [0.15, 0.2) is 48.8 Å². The second kappa shape index (κ2) is 5.05. The summed E-state index contributed by atoms with van der Waals surface area (Å²) < 4.78 is 28.0. The molecule has 0 spiro atoms. The molecular formula is C17H11F2NO. The summed E-state index contributed by atoms with van der Waals surface area (Å²) in [5, 5.41) is 1.37. The number of nitrogens with zero attached hydrogens (tertiary/aromatic N) is 1. The van der Waals surface area contributed by atoms with E-state index in [0.717, 1.165) is 11.5 Å². The van der Waals surface area contributed by atoms with Crippen molar-refractivity contribution >= 4 is 16.6 Å². The van der Waals surface area contributed by atoms with E-state index in [4.69, 9.17) is 0 Å². The maximum atomic E-state index is 14.1. The summed E-state index contributed by atoms with van der Waals surface area (Å²) in [6, 6.07) is 9.11. The number of rotatable bonds is 2. The van der Waals surface area contributed by atoms with Gasteiger partial charge in [0.15, 0.2) is 5.78 Å². The number of carbonyl (C=O) groups excluding carboxylic acids is 1. The lowest BCUT2D eigenvalue weighted by molar-refractivity contribution is 0.103. The molecule has 0 fully saturated rings. The fraction of sp³-hybridized carbons (Fsp3) is 0.0588. The standard InChI is InChI=1S/C17H11F2NO/c1-10-5-6-14(18)15(16(10)19)17(21)13-4-2-3-11-9-20-8-7-12(11)13/h2-9H,1H3. The van der Waals surface area contributed by atoms with Crippen LogP contribution in [0.4, 0.5) is 8.78 Å². The topological polar surface area (TPSA) is 30.0 Å². The van der Waals surface area contributed by atoms with Crippen molar-refractivity contribution < 1.29 is 13.6 Å².